The number of carboxylic acid groups (broad SMARTS) is 1. The fourth-order valence-corrected chi connectivity index (χ4v) is 2.98. The largest absolute Gasteiger partial charge is 0.480 e. The predicted molar refractivity (Wildman–Crippen MR) is 96.3 cm³/mol. The van der Waals surface area contributed by atoms with Crippen molar-refractivity contribution in [3.8, 4) is 0 Å². The molecular formula is C19H19N3O3. The Labute approximate surface area is 144 Å². The number of aliphatic carboxylic acids is 1. The van der Waals surface area contributed by atoms with E-state index in [-0.39, 0.29) is 13.0 Å². The number of nitrogens with one attached hydrogen (secondary N) is 1. The Kier molecular flexibility index (Phi) is 4.63. The van der Waals surface area contributed by atoms with E-state index >= 15 is 0 Å². The van der Waals surface area contributed by atoms with Gasteiger partial charge >= 0.3 is 5.97 Å². The molecule has 1 heterocycles. The molecule has 1 aromatic heterocycles. The smallest absolute Gasteiger partial charge is 0.326 e. The number of para-hydroxylation sites is 1. The van der Waals surface area contributed by atoms with Gasteiger partial charge in [0.25, 0.3) is 0 Å². The maximum Gasteiger partial charge on any atom is 0.326 e. The third kappa shape index (κ3) is 3.44. The number of hydrogen-bond acceptors (Lipinski definition) is 4. The van der Waals surface area contributed by atoms with Crippen molar-refractivity contribution in [3.63, 3.8) is 0 Å². The second-order valence-electron chi connectivity index (χ2n) is 5.96. The van der Waals surface area contributed by atoms with Gasteiger partial charge in [0.15, 0.2) is 0 Å². The molecule has 0 fully saturated rings. The monoisotopic (exact) mass is 337 g/mol. The Bertz CT molecular complexity index is 969. The number of nitrogens with two attached hydrogens (primary N) is 1. The SMILES string of the molecule is Cc1nc2ccccc2c2ccc(C[C@H](NC(=O)CN)C(=O)O)cc12. The fraction of sp³-hybridized carbons (Fsp3) is 0.211. The van der Waals surface area contributed by atoms with Gasteiger partial charge in [-0.05, 0) is 30.0 Å². The lowest BCUT2D eigenvalue weighted by Crippen LogP contribution is -2.44. The molecule has 0 spiro atoms. The Morgan fingerprint density at radius 2 is 1.92 bits per heavy atom. The maximum absolute atomic E-state index is 11.4. The van der Waals surface area contributed by atoms with Crippen molar-refractivity contribution < 1.29 is 14.7 Å². The first-order chi connectivity index (χ1) is 12.0. The molecule has 3 rings (SSSR count). The van der Waals surface area contributed by atoms with Crippen LogP contribution in [0, 0.1) is 6.92 Å². The highest BCUT2D eigenvalue weighted by Gasteiger charge is 2.20. The number of amides is 1. The van der Waals surface area contributed by atoms with Crippen LogP contribution in [-0.4, -0.2) is 34.6 Å². The van der Waals surface area contributed by atoms with E-state index in [0.717, 1.165) is 32.9 Å². The number of fused-ring (bicyclic) bond motifs is 3. The van der Waals surface area contributed by atoms with Gasteiger partial charge in [0.2, 0.25) is 5.91 Å². The van der Waals surface area contributed by atoms with E-state index in [0.29, 0.717) is 0 Å². The lowest BCUT2D eigenvalue weighted by molar-refractivity contribution is -0.141. The number of carbonyl (C=O) groups is 2. The molecule has 1 atom stereocenters. The molecule has 128 valence electrons. The summed E-state index contributed by atoms with van der Waals surface area (Å²) in [5, 5.41) is 14.9. The molecule has 0 unspecified atom stereocenters. The van der Waals surface area contributed by atoms with E-state index in [9.17, 15) is 14.7 Å². The molecule has 0 bridgehead atoms. The van der Waals surface area contributed by atoms with Crippen molar-refractivity contribution in [2.24, 2.45) is 5.73 Å². The summed E-state index contributed by atoms with van der Waals surface area (Å²) < 4.78 is 0. The highest BCUT2D eigenvalue weighted by molar-refractivity contribution is 6.06. The van der Waals surface area contributed by atoms with Crippen LogP contribution in [0.4, 0.5) is 0 Å². The number of aromatic nitrogens is 1. The van der Waals surface area contributed by atoms with Crippen LogP contribution in [0.15, 0.2) is 42.5 Å². The summed E-state index contributed by atoms with van der Waals surface area (Å²) in [6.45, 7) is 1.69. The molecule has 0 aliphatic carbocycles. The summed E-state index contributed by atoms with van der Waals surface area (Å²) >= 11 is 0. The standard InChI is InChI=1S/C19H19N3O3/c1-11-15-8-12(9-17(19(24)25)22-18(23)10-20)6-7-13(15)14-4-2-3-5-16(14)21-11/h2-8,17H,9-10,20H2,1H3,(H,22,23)(H,24,25)/t17-/m0/s1. The Morgan fingerprint density at radius 1 is 1.16 bits per heavy atom. The molecule has 0 saturated heterocycles. The van der Waals surface area contributed by atoms with Crippen LogP contribution in [0.3, 0.4) is 0 Å². The number of pyridine rings is 1. The summed E-state index contributed by atoms with van der Waals surface area (Å²) in [6, 6.07) is 12.7. The Hall–Kier alpha value is -2.99. The van der Waals surface area contributed by atoms with Crippen LogP contribution in [0.25, 0.3) is 21.7 Å². The van der Waals surface area contributed by atoms with Crippen molar-refractivity contribution in [2.75, 3.05) is 6.54 Å². The minimum Gasteiger partial charge on any atom is -0.480 e. The molecular weight excluding hydrogens is 318 g/mol. The van der Waals surface area contributed by atoms with E-state index < -0.39 is 17.9 Å². The van der Waals surface area contributed by atoms with Crippen molar-refractivity contribution in [2.45, 2.75) is 19.4 Å². The van der Waals surface area contributed by atoms with Gasteiger partial charge in [0.05, 0.1) is 12.1 Å². The number of rotatable bonds is 5. The fourth-order valence-electron chi connectivity index (χ4n) is 2.98. The van der Waals surface area contributed by atoms with Gasteiger partial charge in [-0.3, -0.25) is 9.78 Å². The van der Waals surface area contributed by atoms with E-state index in [1.807, 2.05) is 49.4 Å². The van der Waals surface area contributed by atoms with Crippen LogP contribution in [0.5, 0.6) is 0 Å². The number of nitrogens with zero attached hydrogens (tertiary/aromatic N) is 1. The molecule has 4 N–H and O–H groups in total. The van der Waals surface area contributed by atoms with E-state index in [4.69, 9.17) is 5.73 Å². The van der Waals surface area contributed by atoms with Gasteiger partial charge in [-0.1, -0.05) is 30.3 Å². The zero-order valence-electron chi connectivity index (χ0n) is 13.8. The first-order valence-corrected chi connectivity index (χ1v) is 8.00. The van der Waals surface area contributed by atoms with Crippen molar-refractivity contribution in [1.82, 2.24) is 10.3 Å². The highest BCUT2D eigenvalue weighted by atomic mass is 16.4. The predicted octanol–water partition coefficient (Wildman–Crippen LogP) is 1.77. The van der Waals surface area contributed by atoms with E-state index in [1.54, 1.807) is 0 Å². The van der Waals surface area contributed by atoms with Crippen LogP contribution < -0.4 is 11.1 Å². The van der Waals surface area contributed by atoms with Gasteiger partial charge in [-0.25, -0.2) is 4.79 Å². The zero-order chi connectivity index (χ0) is 18.0. The minimum absolute atomic E-state index is 0.184. The molecule has 2 aromatic carbocycles. The van der Waals surface area contributed by atoms with Gasteiger partial charge in [0.1, 0.15) is 6.04 Å². The molecule has 3 aromatic rings. The van der Waals surface area contributed by atoms with Crippen LogP contribution >= 0.6 is 0 Å². The van der Waals surface area contributed by atoms with Crippen molar-refractivity contribution in [3.05, 3.63) is 53.7 Å². The van der Waals surface area contributed by atoms with Gasteiger partial charge in [-0.15, -0.1) is 0 Å². The van der Waals surface area contributed by atoms with Crippen LogP contribution in [-0.2, 0) is 16.0 Å². The summed E-state index contributed by atoms with van der Waals surface area (Å²) in [7, 11) is 0. The van der Waals surface area contributed by atoms with E-state index in [2.05, 4.69) is 10.3 Å². The highest BCUT2D eigenvalue weighted by Crippen LogP contribution is 2.27. The average Bonchev–Trinajstić information content (AvgIpc) is 2.61. The maximum atomic E-state index is 11.4. The summed E-state index contributed by atoms with van der Waals surface area (Å²) in [4.78, 5) is 27.4. The van der Waals surface area contributed by atoms with Gasteiger partial charge in [-0.2, -0.15) is 0 Å². The number of carboxylic acids is 1. The molecule has 25 heavy (non-hydrogen) atoms. The normalized spacial score (nSPS) is 12.2. The lowest BCUT2D eigenvalue weighted by Gasteiger charge is -2.15. The minimum atomic E-state index is -1.09. The second-order valence-corrected chi connectivity index (χ2v) is 5.96. The zero-order valence-corrected chi connectivity index (χ0v) is 13.8. The summed E-state index contributed by atoms with van der Waals surface area (Å²) in [5.41, 5.74) is 7.88. The van der Waals surface area contributed by atoms with Gasteiger partial charge in [0, 0.05) is 22.9 Å². The molecule has 0 aliphatic rings. The number of hydrogen-bond donors (Lipinski definition) is 3. The van der Waals surface area contributed by atoms with Crippen LogP contribution in [0.1, 0.15) is 11.3 Å². The molecule has 6 heteroatoms. The average molecular weight is 337 g/mol. The van der Waals surface area contributed by atoms with Gasteiger partial charge < -0.3 is 16.2 Å². The second kappa shape index (κ2) is 6.86. The summed E-state index contributed by atoms with van der Waals surface area (Å²) in [5.74, 6) is -1.58. The van der Waals surface area contributed by atoms with Crippen molar-refractivity contribution in [1.29, 1.82) is 0 Å². The number of carbonyl (C=O) groups excluding carboxylic acids is 1. The molecule has 0 radical (unpaired) electrons. The topological polar surface area (TPSA) is 105 Å². The Balaban J connectivity index is 2.00. The summed E-state index contributed by atoms with van der Waals surface area (Å²) in [6.07, 6.45) is 0.184. The third-order valence-electron chi connectivity index (χ3n) is 4.21. The van der Waals surface area contributed by atoms with E-state index in [1.165, 1.54) is 0 Å². The first-order valence-electron chi connectivity index (χ1n) is 8.00. The molecule has 6 nitrogen and oxygen atoms in total. The number of benzene rings is 2. The van der Waals surface area contributed by atoms with Crippen molar-refractivity contribution >= 4 is 33.6 Å². The quantitative estimate of drug-likeness (QED) is 0.615. The number of aryl methyl sites for hydroxylation is 1. The Morgan fingerprint density at radius 3 is 2.64 bits per heavy atom. The molecule has 1 amide bonds. The molecule has 0 aliphatic heterocycles. The third-order valence-corrected chi connectivity index (χ3v) is 4.21. The molecule has 0 saturated carbocycles. The first kappa shape index (κ1) is 16.9. The lowest BCUT2D eigenvalue weighted by atomic mass is 9.98. The van der Waals surface area contributed by atoms with Crippen LogP contribution in [0.2, 0.25) is 0 Å².